The van der Waals surface area contributed by atoms with E-state index in [4.69, 9.17) is 9.47 Å². The van der Waals surface area contributed by atoms with Crippen molar-refractivity contribution in [2.45, 2.75) is 37.1 Å². The third-order valence-corrected chi connectivity index (χ3v) is 4.39. The SMILES string of the molecule is Oc1ccccc1CNC1C2COC(O2)C(n2cncn2)C1O. The highest BCUT2D eigenvalue weighted by Crippen LogP contribution is 2.35. The molecule has 3 N–H and O–H groups in total. The topological polar surface area (TPSA) is 102 Å². The molecule has 5 unspecified atom stereocenters. The van der Waals surface area contributed by atoms with Crippen LogP contribution in [0, 0.1) is 0 Å². The van der Waals surface area contributed by atoms with E-state index in [0.717, 1.165) is 5.56 Å². The van der Waals surface area contributed by atoms with Crippen LogP contribution >= 0.6 is 0 Å². The third kappa shape index (κ3) is 2.59. The lowest BCUT2D eigenvalue weighted by molar-refractivity contribution is -0.168. The molecule has 0 aliphatic carbocycles. The highest BCUT2D eigenvalue weighted by Gasteiger charge is 2.51. The average molecular weight is 318 g/mol. The molecule has 0 amide bonds. The van der Waals surface area contributed by atoms with E-state index < -0.39 is 18.4 Å². The second kappa shape index (κ2) is 5.89. The minimum atomic E-state index is -0.742. The number of aliphatic hydroxyl groups is 1. The first-order valence-electron chi connectivity index (χ1n) is 7.53. The van der Waals surface area contributed by atoms with Gasteiger partial charge in [0.15, 0.2) is 6.29 Å². The monoisotopic (exact) mass is 318 g/mol. The molecule has 0 radical (unpaired) electrons. The van der Waals surface area contributed by atoms with Crippen LogP contribution in [0.2, 0.25) is 0 Å². The van der Waals surface area contributed by atoms with Crippen molar-refractivity contribution in [1.29, 1.82) is 0 Å². The summed E-state index contributed by atoms with van der Waals surface area (Å²) >= 11 is 0. The van der Waals surface area contributed by atoms with Gasteiger partial charge in [0, 0.05) is 12.1 Å². The predicted octanol–water partition coefficient (Wildman–Crippen LogP) is -0.201. The first-order chi connectivity index (χ1) is 11.2. The molecule has 0 spiro atoms. The Labute approximate surface area is 132 Å². The molecule has 1 aromatic carbocycles. The van der Waals surface area contributed by atoms with Gasteiger partial charge in [0.05, 0.1) is 18.8 Å². The fourth-order valence-corrected chi connectivity index (χ4v) is 3.19. The van der Waals surface area contributed by atoms with E-state index in [2.05, 4.69) is 15.4 Å². The van der Waals surface area contributed by atoms with Crippen LogP contribution in [0.5, 0.6) is 5.75 Å². The number of fused-ring (bicyclic) bond motifs is 2. The molecule has 8 heteroatoms. The molecule has 3 heterocycles. The van der Waals surface area contributed by atoms with E-state index in [9.17, 15) is 10.2 Å². The summed E-state index contributed by atoms with van der Waals surface area (Å²) in [5, 5.41) is 28.0. The van der Waals surface area contributed by atoms with Gasteiger partial charge in [-0.3, -0.25) is 0 Å². The Morgan fingerprint density at radius 3 is 3.00 bits per heavy atom. The molecule has 2 aliphatic heterocycles. The Hall–Kier alpha value is -2.00. The van der Waals surface area contributed by atoms with Gasteiger partial charge in [0.2, 0.25) is 0 Å². The summed E-state index contributed by atoms with van der Waals surface area (Å²) in [7, 11) is 0. The first-order valence-corrected chi connectivity index (χ1v) is 7.53. The van der Waals surface area contributed by atoms with Crippen LogP contribution < -0.4 is 5.32 Å². The van der Waals surface area contributed by atoms with Crippen LogP contribution in [-0.2, 0) is 16.0 Å². The summed E-state index contributed by atoms with van der Waals surface area (Å²) in [5.74, 6) is 0.222. The molecule has 2 aromatic rings. The lowest BCUT2D eigenvalue weighted by Gasteiger charge is -2.38. The molecule has 8 nitrogen and oxygen atoms in total. The summed E-state index contributed by atoms with van der Waals surface area (Å²) in [6.07, 6.45) is 1.45. The van der Waals surface area contributed by atoms with Gasteiger partial charge in [-0.1, -0.05) is 18.2 Å². The van der Waals surface area contributed by atoms with Gasteiger partial charge < -0.3 is 25.0 Å². The number of aromatic hydroxyl groups is 1. The number of hydrogen-bond acceptors (Lipinski definition) is 7. The Balaban J connectivity index is 1.52. The highest BCUT2D eigenvalue weighted by molar-refractivity contribution is 5.31. The third-order valence-electron chi connectivity index (χ3n) is 4.39. The molecule has 5 atom stereocenters. The quantitative estimate of drug-likeness (QED) is 0.717. The van der Waals surface area contributed by atoms with Crippen LogP contribution in [0.1, 0.15) is 11.6 Å². The Morgan fingerprint density at radius 2 is 2.22 bits per heavy atom. The number of para-hydroxylation sites is 1. The largest absolute Gasteiger partial charge is 0.508 e. The number of benzene rings is 1. The van der Waals surface area contributed by atoms with Gasteiger partial charge in [0.1, 0.15) is 30.5 Å². The fourth-order valence-electron chi connectivity index (χ4n) is 3.19. The minimum absolute atomic E-state index is 0.222. The normalized spacial score (nSPS) is 33.0. The van der Waals surface area contributed by atoms with Crippen molar-refractivity contribution < 1.29 is 19.7 Å². The van der Waals surface area contributed by atoms with E-state index in [0.29, 0.717) is 13.2 Å². The summed E-state index contributed by atoms with van der Waals surface area (Å²) in [6, 6.07) is 6.31. The van der Waals surface area contributed by atoms with Crippen molar-refractivity contribution in [3.8, 4) is 5.75 Å². The molecule has 122 valence electrons. The first kappa shape index (κ1) is 14.6. The van der Waals surface area contributed by atoms with Crippen molar-refractivity contribution >= 4 is 0 Å². The maximum absolute atomic E-state index is 10.8. The van der Waals surface area contributed by atoms with Crippen molar-refractivity contribution in [2.75, 3.05) is 6.61 Å². The standard InChI is InChI=1S/C15H18N4O4/c20-10-4-2-1-3-9(10)5-17-12-11-6-22-15(23-11)13(14(12)21)19-8-16-7-18-19/h1-4,7-8,11-15,17,20-21H,5-6H2. The number of ether oxygens (including phenoxy) is 2. The molecular formula is C15H18N4O4. The fraction of sp³-hybridized carbons (Fsp3) is 0.467. The molecule has 23 heavy (non-hydrogen) atoms. The number of phenols is 1. The average Bonchev–Trinajstić information content (AvgIpc) is 3.21. The van der Waals surface area contributed by atoms with Crippen molar-refractivity contribution in [3.63, 3.8) is 0 Å². The summed E-state index contributed by atoms with van der Waals surface area (Å²) < 4.78 is 13.0. The molecule has 0 saturated carbocycles. The lowest BCUT2D eigenvalue weighted by atomic mass is 9.96. The van der Waals surface area contributed by atoms with Crippen LogP contribution in [-0.4, -0.2) is 56.1 Å². The number of phenolic OH excluding ortho intramolecular Hbond substituents is 1. The molecule has 2 aliphatic rings. The zero-order chi connectivity index (χ0) is 15.8. The molecule has 2 bridgehead atoms. The van der Waals surface area contributed by atoms with Crippen molar-refractivity contribution in [1.82, 2.24) is 20.1 Å². The zero-order valence-electron chi connectivity index (χ0n) is 12.3. The van der Waals surface area contributed by atoms with Gasteiger partial charge in [-0.15, -0.1) is 0 Å². The van der Waals surface area contributed by atoms with Gasteiger partial charge in [-0.2, -0.15) is 5.10 Å². The van der Waals surface area contributed by atoms with Gasteiger partial charge in [-0.25, -0.2) is 9.67 Å². The number of hydrogen-bond donors (Lipinski definition) is 3. The minimum Gasteiger partial charge on any atom is -0.508 e. The van der Waals surface area contributed by atoms with E-state index in [1.165, 1.54) is 6.33 Å². The Kier molecular flexibility index (Phi) is 3.74. The molecule has 2 fully saturated rings. The summed E-state index contributed by atoms with van der Waals surface area (Å²) in [4.78, 5) is 3.92. The van der Waals surface area contributed by atoms with Gasteiger partial charge in [-0.05, 0) is 6.07 Å². The summed E-state index contributed by atoms with van der Waals surface area (Å²) in [6.45, 7) is 0.828. The van der Waals surface area contributed by atoms with E-state index >= 15 is 0 Å². The Bertz CT molecular complexity index is 665. The maximum Gasteiger partial charge on any atom is 0.183 e. The van der Waals surface area contributed by atoms with Crippen LogP contribution in [0.15, 0.2) is 36.9 Å². The van der Waals surface area contributed by atoms with E-state index in [-0.39, 0.29) is 17.9 Å². The maximum atomic E-state index is 10.8. The molecule has 2 saturated heterocycles. The Morgan fingerprint density at radius 1 is 1.35 bits per heavy atom. The number of rotatable bonds is 4. The van der Waals surface area contributed by atoms with Crippen LogP contribution in [0.3, 0.4) is 0 Å². The number of aromatic nitrogens is 3. The lowest BCUT2D eigenvalue weighted by Crippen LogP contribution is -2.57. The summed E-state index contributed by atoms with van der Waals surface area (Å²) in [5.41, 5.74) is 0.762. The number of nitrogens with one attached hydrogen (secondary N) is 1. The van der Waals surface area contributed by atoms with E-state index in [1.807, 2.05) is 12.1 Å². The molecule has 1 aromatic heterocycles. The molecule has 4 rings (SSSR count). The van der Waals surface area contributed by atoms with Crippen molar-refractivity contribution in [2.24, 2.45) is 0 Å². The number of nitrogens with zero attached hydrogens (tertiary/aromatic N) is 3. The van der Waals surface area contributed by atoms with Crippen molar-refractivity contribution in [3.05, 3.63) is 42.5 Å². The van der Waals surface area contributed by atoms with Gasteiger partial charge >= 0.3 is 0 Å². The predicted molar refractivity (Wildman–Crippen MR) is 78.4 cm³/mol. The zero-order valence-corrected chi connectivity index (χ0v) is 12.3. The van der Waals surface area contributed by atoms with Crippen LogP contribution in [0.25, 0.3) is 0 Å². The number of aliphatic hydroxyl groups excluding tert-OH is 1. The second-order valence-corrected chi connectivity index (χ2v) is 5.77. The smallest absolute Gasteiger partial charge is 0.183 e. The van der Waals surface area contributed by atoms with E-state index in [1.54, 1.807) is 23.1 Å². The van der Waals surface area contributed by atoms with Gasteiger partial charge in [0.25, 0.3) is 0 Å². The highest BCUT2D eigenvalue weighted by atomic mass is 16.7. The molecular weight excluding hydrogens is 300 g/mol. The van der Waals surface area contributed by atoms with Crippen LogP contribution in [0.4, 0.5) is 0 Å². The second-order valence-electron chi connectivity index (χ2n) is 5.77.